The number of ketones is 2. The molecule has 15 heteroatoms. The molecule has 1 aromatic rings. The predicted octanol–water partition coefficient (Wildman–Crippen LogP) is -3.92. The average molecular weight is 595 g/mol. The number of rotatable bonds is 6. The van der Waals surface area contributed by atoms with Crippen molar-refractivity contribution in [3.63, 3.8) is 0 Å². The van der Waals surface area contributed by atoms with Crippen molar-refractivity contribution in [2.75, 3.05) is 13.2 Å². The number of hydrogen-bond donors (Lipinski definition) is 10. The molecule has 5 rings (SSSR count). The SMILES string of the molecule is O=C(/C=C/c1ccc(O)cc1)C1=C(O)C2=C(O[C@@H]3[C@@H](O)[C@H](O)[C@H](CO)O[C@@H]23)[C@](O)([C@@H]2O[C@H](CO)[C@@H](O)[C@H](O)[C@H]2O)C1=O. The number of phenols is 1. The monoisotopic (exact) mass is 594 g/mol. The standard InChI is InChI=1S/C27H30O15/c28-7-12-17(33)20(36)23-22(40-12)15-18(34)14(11(31)6-3-9-1-4-10(30)5-2-9)24(38)27(39,25(15)42-23)26-21(37)19(35)16(32)13(8-29)41-26/h1-6,12-13,16-17,19-23,26,28-30,32-37,39H,7-8H2/b6-3+/t12-,13+,16+,17+,19-,20-,21+,22-,23+,26+,27-/m0/s1. The van der Waals surface area contributed by atoms with Crippen molar-refractivity contribution in [3.8, 4) is 5.75 Å². The number of hydrogen-bond acceptors (Lipinski definition) is 15. The van der Waals surface area contributed by atoms with Gasteiger partial charge >= 0.3 is 0 Å². The Labute approximate surface area is 237 Å². The van der Waals surface area contributed by atoms with Gasteiger partial charge in [-0.2, -0.15) is 0 Å². The van der Waals surface area contributed by atoms with Crippen LogP contribution in [-0.2, 0) is 23.8 Å². The molecule has 0 bridgehead atoms. The van der Waals surface area contributed by atoms with Crippen LogP contribution in [-0.4, -0.2) is 142 Å². The summed E-state index contributed by atoms with van der Waals surface area (Å²) >= 11 is 0. The summed E-state index contributed by atoms with van der Waals surface area (Å²) in [5.74, 6) is -4.64. The first-order valence-electron chi connectivity index (χ1n) is 12.9. The van der Waals surface area contributed by atoms with E-state index in [1.54, 1.807) is 0 Å². The fourth-order valence-electron chi connectivity index (χ4n) is 5.63. The van der Waals surface area contributed by atoms with Crippen molar-refractivity contribution in [2.24, 2.45) is 0 Å². The first kappa shape index (κ1) is 30.2. The van der Waals surface area contributed by atoms with Gasteiger partial charge in [0, 0.05) is 0 Å². The third-order valence-electron chi connectivity index (χ3n) is 7.93. The molecule has 0 unspecified atom stereocenters. The van der Waals surface area contributed by atoms with Crippen LogP contribution in [0, 0.1) is 0 Å². The lowest BCUT2D eigenvalue weighted by molar-refractivity contribution is -0.266. The molecule has 0 radical (unpaired) electrons. The van der Waals surface area contributed by atoms with Gasteiger partial charge in [0.2, 0.25) is 11.4 Å². The highest BCUT2D eigenvalue weighted by molar-refractivity contribution is 6.29. The molecule has 42 heavy (non-hydrogen) atoms. The third kappa shape index (κ3) is 4.55. The van der Waals surface area contributed by atoms with Crippen LogP contribution in [0.4, 0.5) is 0 Å². The van der Waals surface area contributed by atoms with E-state index in [0.29, 0.717) is 5.56 Å². The van der Waals surface area contributed by atoms with Crippen molar-refractivity contribution in [1.82, 2.24) is 0 Å². The number of aromatic hydroxyl groups is 1. The largest absolute Gasteiger partial charge is 0.508 e. The summed E-state index contributed by atoms with van der Waals surface area (Å²) in [6, 6.07) is 5.53. The van der Waals surface area contributed by atoms with E-state index in [-0.39, 0.29) is 5.75 Å². The van der Waals surface area contributed by atoms with Crippen molar-refractivity contribution in [2.45, 2.75) is 66.6 Å². The molecule has 2 saturated heterocycles. The number of Topliss-reactive ketones (excluding diaryl/α,β-unsaturated/α-hetero) is 1. The minimum absolute atomic E-state index is 0.0536. The molecular weight excluding hydrogens is 564 g/mol. The summed E-state index contributed by atoms with van der Waals surface area (Å²) in [6.45, 7) is -1.73. The van der Waals surface area contributed by atoms with Crippen LogP contribution < -0.4 is 0 Å². The van der Waals surface area contributed by atoms with Crippen LogP contribution in [0.15, 0.2) is 53.0 Å². The molecule has 4 aliphatic rings. The molecular formula is C27H30O15. The molecule has 0 saturated carbocycles. The molecule has 3 aliphatic heterocycles. The van der Waals surface area contributed by atoms with Crippen LogP contribution in [0.25, 0.3) is 6.08 Å². The van der Waals surface area contributed by atoms with Crippen LogP contribution in [0.5, 0.6) is 5.75 Å². The minimum Gasteiger partial charge on any atom is -0.508 e. The summed E-state index contributed by atoms with van der Waals surface area (Å²) in [5.41, 5.74) is -4.38. The second kappa shape index (κ2) is 11.1. The number of aliphatic hydroxyl groups is 9. The van der Waals surface area contributed by atoms with Crippen LogP contribution >= 0.6 is 0 Å². The molecule has 15 nitrogen and oxygen atoms in total. The van der Waals surface area contributed by atoms with E-state index in [4.69, 9.17) is 14.2 Å². The Bertz CT molecular complexity index is 1330. The summed E-state index contributed by atoms with van der Waals surface area (Å²) in [4.78, 5) is 27.3. The van der Waals surface area contributed by atoms with E-state index in [0.717, 1.165) is 6.08 Å². The summed E-state index contributed by atoms with van der Waals surface area (Å²) in [5, 5.41) is 105. The summed E-state index contributed by atoms with van der Waals surface area (Å²) in [7, 11) is 0. The molecule has 0 aromatic heterocycles. The fourth-order valence-corrected chi connectivity index (χ4v) is 5.63. The number of fused-ring (bicyclic) bond motifs is 2. The van der Waals surface area contributed by atoms with Gasteiger partial charge in [-0.15, -0.1) is 0 Å². The zero-order valence-corrected chi connectivity index (χ0v) is 21.7. The van der Waals surface area contributed by atoms with Crippen molar-refractivity contribution in [1.29, 1.82) is 0 Å². The van der Waals surface area contributed by atoms with Gasteiger partial charge in [-0.1, -0.05) is 18.2 Å². The molecule has 10 N–H and O–H groups in total. The minimum atomic E-state index is -3.22. The Hall–Kier alpha value is -3.22. The number of carbonyl (C=O) groups excluding carboxylic acids is 2. The topological polar surface area (TPSA) is 264 Å². The van der Waals surface area contributed by atoms with Gasteiger partial charge in [0.1, 0.15) is 77.8 Å². The summed E-state index contributed by atoms with van der Waals surface area (Å²) < 4.78 is 16.7. The maximum atomic E-state index is 13.9. The van der Waals surface area contributed by atoms with E-state index < -0.39 is 114 Å². The highest BCUT2D eigenvalue weighted by Gasteiger charge is 2.67. The number of allylic oxidation sites excluding steroid dienone is 1. The fraction of sp³-hybridized carbons (Fsp3) is 0.481. The molecule has 11 atom stereocenters. The third-order valence-corrected chi connectivity index (χ3v) is 7.93. The highest BCUT2D eigenvalue weighted by Crippen LogP contribution is 2.50. The Morgan fingerprint density at radius 1 is 0.857 bits per heavy atom. The molecule has 1 aromatic carbocycles. The van der Waals surface area contributed by atoms with Crippen LogP contribution in [0.3, 0.4) is 0 Å². The van der Waals surface area contributed by atoms with E-state index in [2.05, 4.69) is 0 Å². The van der Waals surface area contributed by atoms with Gasteiger partial charge in [-0.25, -0.2) is 0 Å². The quantitative estimate of drug-likeness (QED) is 0.111. The Balaban J connectivity index is 1.64. The van der Waals surface area contributed by atoms with E-state index in [1.807, 2.05) is 0 Å². The molecule has 3 heterocycles. The smallest absolute Gasteiger partial charge is 0.214 e. The maximum absolute atomic E-state index is 13.9. The maximum Gasteiger partial charge on any atom is 0.214 e. The zero-order chi connectivity index (χ0) is 30.7. The lowest BCUT2D eigenvalue weighted by Gasteiger charge is -2.47. The van der Waals surface area contributed by atoms with Gasteiger partial charge in [0.25, 0.3) is 0 Å². The van der Waals surface area contributed by atoms with E-state index >= 15 is 0 Å². The Morgan fingerprint density at radius 3 is 2.07 bits per heavy atom. The first-order chi connectivity index (χ1) is 19.9. The molecule has 1 aliphatic carbocycles. The van der Waals surface area contributed by atoms with Gasteiger partial charge < -0.3 is 65.3 Å². The number of aliphatic hydroxyl groups excluding tert-OH is 8. The Kier molecular flexibility index (Phi) is 8.01. The van der Waals surface area contributed by atoms with Gasteiger partial charge in [-0.05, 0) is 23.8 Å². The number of phenolic OH excluding ortho intramolecular Hbond substituents is 1. The molecule has 228 valence electrons. The molecule has 0 spiro atoms. The number of benzene rings is 1. The van der Waals surface area contributed by atoms with E-state index in [1.165, 1.54) is 30.3 Å². The van der Waals surface area contributed by atoms with Gasteiger partial charge in [0.05, 0.1) is 18.8 Å². The zero-order valence-electron chi connectivity index (χ0n) is 21.7. The van der Waals surface area contributed by atoms with Crippen molar-refractivity contribution < 1.29 is 74.9 Å². The van der Waals surface area contributed by atoms with Crippen molar-refractivity contribution >= 4 is 17.6 Å². The van der Waals surface area contributed by atoms with Crippen molar-refractivity contribution in [3.05, 3.63) is 58.6 Å². The normalized spacial score (nSPS) is 40.2. The van der Waals surface area contributed by atoms with E-state index in [9.17, 15) is 60.7 Å². The lowest BCUT2D eigenvalue weighted by Crippen LogP contribution is -2.68. The first-order valence-corrected chi connectivity index (χ1v) is 12.9. The number of carbonyl (C=O) groups is 2. The second-order valence-corrected chi connectivity index (χ2v) is 10.4. The lowest BCUT2D eigenvalue weighted by atomic mass is 9.73. The van der Waals surface area contributed by atoms with Crippen LogP contribution in [0.2, 0.25) is 0 Å². The summed E-state index contributed by atoms with van der Waals surface area (Å²) in [6.07, 6.45) is -16.0. The average Bonchev–Trinajstić information content (AvgIpc) is 3.37. The highest BCUT2D eigenvalue weighted by atomic mass is 16.6. The molecule has 0 amide bonds. The van der Waals surface area contributed by atoms with Gasteiger partial charge in [-0.3, -0.25) is 9.59 Å². The van der Waals surface area contributed by atoms with Crippen LogP contribution in [0.1, 0.15) is 5.56 Å². The number of ether oxygens (including phenoxy) is 3. The second-order valence-electron chi connectivity index (χ2n) is 10.4. The molecule has 2 fully saturated rings. The van der Waals surface area contributed by atoms with Gasteiger partial charge in [0.15, 0.2) is 11.9 Å². The Morgan fingerprint density at radius 2 is 1.45 bits per heavy atom. The predicted molar refractivity (Wildman–Crippen MR) is 135 cm³/mol.